The highest BCUT2D eigenvalue weighted by Gasteiger charge is 2.35. The van der Waals surface area contributed by atoms with Crippen molar-refractivity contribution in [2.45, 2.75) is 32.1 Å². The van der Waals surface area contributed by atoms with Crippen LogP contribution in [0.25, 0.3) is 0 Å². The molecule has 0 atom stereocenters. The maximum absolute atomic E-state index is 13.5. The summed E-state index contributed by atoms with van der Waals surface area (Å²) in [6.45, 7) is 1.56. The van der Waals surface area contributed by atoms with Gasteiger partial charge in [0.05, 0.1) is 0 Å². The predicted molar refractivity (Wildman–Crippen MR) is 122 cm³/mol. The molecule has 0 saturated carbocycles. The quantitative estimate of drug-likeness (QED) is 0.404. The van der Waals surface area contributed by atoms with Gasteiger partial charge in [0, 0.05) is 25.7 Å². The Balaban J connectivity index is 1.41. The molecule has 2 N–H and O–H groups in total. The standard InChI is InChI=1S/C23H22F3N5S/c24-23(25,26)19-13-20(31-14-17-10-4-5-11-18(17)15-31)29-21(28-19)30-22(32)27-12-6-9-16-7-2-1-3-8-16/h1-5,7-8,10-11,13H,6,9,12,14-15H2,(H2,27,28,29,30,32). The van der Waals surface area contributed by atoms with Crippen molar-refractivity contribution in [1.82, 2.24) is 15.3 Å². The first kappa shape index (κ1) is 22.0. The van der Waals surface area contributed by atoms with Gasteiger partial charge in [-0.25, -0.2) is 4.98 Å². The minimum absolute atomic E-state index is 0.175. The number of anilines is 2. The number of hydrogen-bond donors (Lipinski definition) is 2. The Kier molecular flexibility index (Phi) is 6.55. The third-order valence-electron chi connectivity index (χ3n) is 5.16. The van der Waals surface area contributed by atoms with Crippen LogP contribution in [0.1, 0.15) is 28.8 Å². The first-order valence-electron chi connectivity index (χ1n) is 10.3. The summed E-state index contributed by atoms with van der Waals surface area (Å²) in [6, 6.07) is 18.8. The van der Waals surface area contributed by atoms with Crippen LogP contribution in [0.5, 0.6) is 0 Å². The molecule has 4 rings (SSSR count). The summed E-state index contributed by atoms with van der Waals surface area (Å²) in [5.41, 5.74) is 2.35. The number of nitrogens with one attached hydrogen (secondary N) is 2. The molecular weight excluding hydrogens is 435 g/mol. The number of fused-ring (bicyclic) bond motifs is 1. The third-order valence-corrected chi connectivity index (χ3v) is 5.41. The van der Waals surface area contributed by atoms with E-state index >= 15 is 0 Å². The number of rotatable bonds is 6. The summed E-state index contributed by atoms with van der Waals surface area (Å²) < 4.78 is 40.4. The Morgan fingerprint density at radius 3 is 2.28 bits per heavy atom. The zero-order valence-electron chi connectivity index (χ0n) is 17.2. The molecule has 1 aromatic heterocycles. The lowest BCUT2D eigenvalue weighted by Gasteiger charge is -2.19. The summed E-state index contributed by atoms with van der Waals surface area (Å²) in [4.78, 5) is 9.74. The second-order valence-electron chi connectivity index (χ2n) is 7.53. The molecule has 9 heteroatoms. The summed E-state index contributed by atoms with van der Waals surface area (Å²) in [5, 5.41) is 5.91. The molecule has 0 bridgehead atoms. The summed E-state index contributed by atoms with van der Waals surface area (Å²) >= 11 is 5.24. The SMILES string of the molecule is FC(F)(F)c1cc(N2Cc3ccccc3C2)nc(NC(=S)NCCCc2ccccc2)n1. The van der Waals surface area contributed by atoms with Gasteiger partial charge in [0.2, 0.25) is 5.95 Å². The molecule has 1 aliphatic heterocycles. The Morgan fingerprint density at radius 1 is 0.969 bits per heavy atom. The fourth-order valence-corrected chi connectivity index (χ4v) is 3.77. The van der Waals surface area contributed by atoms with E-state index in [4.69, 9.17) is 12.2 Å². The molecule has 0 fully saturated rings. The van der Waals surface area contributed by atoms with E-state index in [9.17, 15) is 13.2 Å². The van der Waals surface area contributed by atoms with Gasteiger partial charge in [-0.15, -0.1) is 0 Å². The Hall–Kier alpha value is -3.20. The van der Waals surface area contributed by atoms with Gasteiger partial charge in [0.15, 0.2) is 10.8 Å². The monoisotopic (exact) mass is 457 g/mol. The summed E-state index contributed by atoms with van der Waals surface area (Å²) in [5.74, 6) is 0.0317. The molecule has 166 valence electrons. The number of nitrogens with zero attached hydrogens (tertiary/aromatic N) is 3. The number of hydrogen-bond acceptors (Lipinski definition) is 4. The van der Waals surface area contributed by atoms with E-state index in [2.05, 4.69) is 20.6 Å². The van der Waals surface area contributed by atoms with Gasteiger partial charge in [0.1, 0.15) is 5.82 Å². The van der Waals surface area contributed by atoms with E-state index in [0.717, 1.165) is 30.0 Å². The molecule has 0 radical (unpaired) electrons. The lowest BCUT2D eigenvalue weighted by Crippen LogP contribution is -2.31. The number of halogens is 3. The van der Waals surface area contributed by atoms with Crippen molar-refractivity contribution in [2.75, 3.05) is 16.8 Å². The fraction of sp³-hybridized carbons (Fsp3) is 0.261. The first-order chi connectivity index (χ1) is 15.4. The van der Waals surface area contributed by atoms with Crippen LogP contribution in [-0.4, -0.2) is 21.6 Å². The normalized spacial score (nSPS) is 13.0. The minimum atomic E-state index is -4.59. The van der Waals surface area contributed by atoms with Crippen LogP contribution < -0.4 is 15.5 Å². The predicted octanol–water partition coefficient (Wildman–Crippen LogP) is 4.93. The van der Waals surface area contributed by atoms with Crippen molar-refractivity contribution >= 4 is 29.1 Å². The second kappa shape index (κ2) is 9.52. The number of aryl methyl sites for hydroxylation is 1. The first-order valence-corrected chi connectivity index (χ1v) is 10.7. The van der Waals surface area contributed by atoms with Crippen molar-refractivity contribution in [2.24, 2.45) is 0 Å². The maximum Gasteiger partial charge on any atom is 0.433 e. The Labute approximate surface area is 189 Å². The minimum Gasteiger partial charge on any atom is -0.362 e. The van der Waals surface area contributed by atoms with Crippen LogP contribution >= 0.6 is 12.2 Å². The van der Waals surface area contributed by atoms with Gasteiger partial charge in [-0.2, -0.15) is 18.2 Å². The van der Waals surface area contributed by atoms with Gasteiger partial charge >= 0.3 is 6.18 Å². The molecule has 0 amide bonds. The number of alkyl halides is 3. The number of benzene rings is 2. The number of thiocarbonyl (C=S) groups is 1. The van der Waals surface area contributed by atoms with Crippen LogP contribution in [0, 0.1) is 0 Å². The highest BCUT2D eigenvalue weighted by atomic mass is 32.1. The average Bonchev–Trinajstić information content (AvgIpc) is 3.21. The summed E-state index contributed by atoms with van der Waals surface area (Å²) in [7, 11) is 0. The smallest absolute Gasteiger partial charge is 0.362 e. The number of aromatic nitrogens is 2. The fourth-order valence-electron chi connectivity index (χ4n) is 3.58. The zero-order valence-corrected chi connectivity index (χ0v) is 18.0. The Morgan fingerprint density at radius 2 is 1.62 bits per heavy atom. The molecule has 5 nitrogen and oxygen atoms in total. The highest BCUT2D eigenvalue weighted by Crippen LogP contribution is 2.33. The molecule has 0 saturated heterocycles. The van der Waals surface area contributed by atoms with Crippen LogP contribution in [0.3, 0.4) is 0 Å². The summed E-state index contributed by atoms with van der Waals surface area (Å²) in [6.07, 6.45) is -2.89. The van der Waals surface area contributed by atoms with Crippen LogP contribution in [0.4, 0.5) is 24.9 Å². The van der Waals surface area contributed by atoms with Gasteiger partial charge in [-0.1, -0.05) is 54.6 Å². The maximum atomic E-state index is 13.5. The van der Waals surface area contributed by atoms with Gasteiger partial charge in [0.25, 0.3) is 0 Å². The van der Waals surface area contributed by atoms with Crippen molar-refractivity contribution in [1.29, 1.82) is 0 Å². The third kappa shape index (κ3) is 5.53. The molecule has 3 aromatic rings. The molecule has 0 spiro atoms. The largest absolute Gasteiger partial charge is 0.433 e. The van der Waals surface area contributed by atoms with Crippen molar-refractivity contribution < 1.29 is 13.2 Å². The van der Waals surface area contributed by atoms with Crippen LogP contribution in [0.15, 0.2) is 60.7 Å². The van der Waals surface area contributed by atoms with Crippen molar-refractivity contribution in [3.63, 3.8) is 0 Å². The van der Waals surface area contributed by atoms with Crippen LogP contribution in [-0.2, 0) is 25.7 Å². The van der Waals surface area contributed by atoms with E-state index in [0.29, 0.717) is 19.6 Å². The lowest BCUT2D eigenvalue weighted by atomic mass is 10.1. The second-order valence-corrected chi connectivity index (χ2v) is 7.94. The molecule has 32 heavy (non-hydrogen) atoms. The zero-order chi connectivity index (χ0) is 22.6. The van der Waals surface area contributed by atoms with E-state index in [1.165, 1.54) is 5.56 Å². The Bertz CT molecular complexity index is 1060. The molecular formula is C23H22F3N5S. The van der Waals surface area contributed by atoms with E-state index < -0.39 is 11.9 Å². The van der Waals surface area contributed by atoms with E-state index in [-0.39, 0.29) is 16.9 Å². The topological polar surface area (TPSA) is 53.1 Å². The average molecular weight is 458 g/mol. The molecule has 2 heterocycles. The van der Waals surface area contributed by atoms with Gasteiger partial charge in [-0.3, -0.25) is 0 Å². The molecule has 1 aliphatic rings. The highest BCUT2D eigenvalue weighted by molar-refractivity contribution is 7.80. The van der Waals surface area contributed by atoms with Gasteiger partial charge < -0.3 is 15.5 Å². The molecule has 0 unspecified atom stereocenters. The molecule has 2 aromatic carbocycles. The lowest BCUT2D eigenvalue weighted by molar-refractivity contribution is -0.141. The van der Waals surface area contributed by atoms with Crippen molar-refractivity contribution in [3.8, 4) is 0 Å². The van der Waals surface area contributed by atoms with Crippen LogP contribution in [0.2, 0.25) is 0 Å². The van der Waals surface area contributed by atoms with E-state index in [1.807, 2.05) is 54.6 Å². The van der Waals surface area contributed by atoms with Crippen molar-refractivity contribution in [3.05, 3.63) is 83.0 Å². The molecule has 0 aliphatic carbocycles. The van der Waals surface area contributed by atoms with Gasteiger partial charge in [-0.05, 0) is 41.7 Å². The van der Waals surface area contributed by atoms with E-state index in [1.54, 1.807) is 4.90 Å².